The zero-order valence-electron chi connectivity index (χ0n) is 8.09. The SMILES string of the molecule is NC(=O)c1ccc(OC[C@H](O)CO)cc1. The largest absolute Gasteiger partial charge is 0.491 e. The van der Waals surface area contributed by atoms with Gasteiger partial charge in [-0.25, -0.2) is 0 Å². The molecule has 15 heavy (non-hydrogen) atoms. The van der Waals surface area contributed by atoms with Crippen LogP contribution in [0.1, 0.15) is 10.4 Å². The monoisotopic (exact) mass is 211 g/mol. The van der Waals surface area contributed by atoms with Crippen molar-refractivity contribution in [2.75, 3.05) is 13.2 Å². The topological polar surface area (TPSA) is 92.8 Å². The number of benzene rings is 1. The van der Waals surface area contributed by atoms with E-state index in [1.165, 1.54) is 12.1 Å². The summed E-state index contributed by atoms with van der Waals surface area (Å²) in [5, 5.41) is 17.6. The Kier molecular flexibility index (Phi) is 4.08. The van der Waals surface area contributed by atoms with E-state index in [4.69, 9.17) is 20.7 Å². The predicted molar refractivity (Wildman–Crippen MR) is 53.5 cm³/mol. The van der Waals surface area contributed by atoms with Gasteiger partial charge in [-0.15, -0.1) is 0 Å². The molecular weight excluding hydrogens is 198 g/mol. The number of carbonyl (C=O) groups is 1. The van der Waals surface area contributed by atoms with Crippen LogP contribution in [-0.4, -0.2) is 35.4 Å². The number of carbonyl (C=O) groups excluding carboxylic acids is 1. The lowest BCUT2D eigenvalue weighted by Gasteiger charge is -2.09. The van der Waals surface area contributed by atoms with Crippen LogP contribution in [0.5, 0.6) is 5.75 Å². The highest BCUT2D eigenvalue weighted by Gasteiger charge is 2.04. The number of rotatable bonds is 5. The third-order valence-corrected chi connectivity index (χ3v) is 1.79. The summed E-state index contributed by atoms with van der Waals surface area (Å²) < 4.78 is 5.13. The lowest BCUT2D eigenvalue weighted by Crippen LogP contribution is -2.21. The van der Waals surface area contributed by atoms with E-state index >= 15 is 0 Å². The van der Waals surface area contributed by atoms with Crippen molar-refractivity contribution < 1.29 is 19.7 Å². The Morgan fingerprint density at radius 1 is 1.40 bits per heavy atom. The smallest absolute Gasteiger partial charge is 0.248 e. The summed E-state index contributed by atoms with van der Waals surface area (Å²) in [5.41, 5.74) is 5.45. The van der Waals surface area contributed by atoms with E-state index in [9.17, 15) is 4.79 Å². The molecule has 0 radical (unpaired) electrons. The first-order valence-corrected chi connectivity index (χ1v) is 4.45. The van der Waals surface area contributed by atoms with Crippen molar-refractivity contribution >= 4 is 5.91 Å². The van der Waals surface area contributed by atoms with Gasteiger partial charge in [0.25, 0.3) is 0 Å². The zero-order chi connectivity index (χ0) is 11.3. The zero-order valence-corrected chi connectivity index (χ0v) is 8.09. The number of primary amides is 1. The van der Waals surface area contributed by atoms with Gasteiger partial charge in [0.05, 0.1) is 6.61 Å². The Hall–Kier alpha value is -1.59. The molecule has 0 saturated heterocycles. The molecule has 1 rings (SSSR count). The molecule has 0 aliphatic rings. The van der Waals surface area contributed by atoms with Gasteiger partial charge in [0.15, 0.2) is 0 Å². The number of aliphatic hydroxyl groups is 2. The highest BCUT2D eigenvalue weighted by molar-refractivity contribution is 5.92. The average Bonchev–Trinajstić information content (AvgIpc) is 2.26. The summed E-state index contributed by atoms with van der Waals surface area (Å²) in [5.74, 6) is 0.00411. The van der Waals surface area contributed by atoms with Crippen LogP contribution >= 0.6 is 0 Å². The highest BCUT2D eigenvalue weighted by Crippen LogP contribution is 2.11. The Morgan fingerprint density at radius 3 is 2.47 bits per heavy atom. The van der Waals surface area contributed by atoms with Crippen LogP contribution in [0.3, 0.4) is 0 Å². The first-order chi connectivity index (χ1) is 7.13. The Balaban J connectivity index is 2.53. The molecular formula is C10H13NO4. The van der Waals surface area contributed by atoms with Gasteiger partial charge in [0, 0.05) is 5.56 Å². The number of hydrogen-bond acceptors (Lipinski definition) is 4. The third kappa shape index (κ3) is 3.57. The maximum Gasteiger partial charge on any atom is 0.248 e. The van der Waals surface area contributed by atoms with Crippen molar-refractivity contribution in [2.24, 2.45) is 5.73 Å². The van der Waals surface area contributed by atoms with Gasteiger partial charge in [0.1, 0.15) is 18.5 Å². The summed E-state index contributed by atoms with van der Waals surface area (Å²) in [6.07, 6.45) is -0.902. The number of aliphatic hydroxyl groups excluding tert-OH is 2. The summed E-state index contributed by atoms with van der Waals surface area (Å²) in [6.45, 7) is -0.341. The minimum absolute atomic E-state index is 0.00637. The summed E-state index contributed by atoms with van der Waals surface area (Å²) in [6, 6.07) is 6.21. The van der Waals surface area contributed by atoms with E-state index < -0.39 is 12.0 Å². The maximum atomic E-state index is 10.7. The van der Waals surface area contributed by atoms with Crippen LogP contribution in [0, 0.1) is 0 Å². The lowest BCUT2D eigenvalue weighted by atomic mass is 10.2. The molecule has 0 fully saturated rings. The summed E-state index contributed by atoms with van der Waals surface area (Å²) >= 11 is 0. The molecule has 0 aromatic heterocycles. The second-order valence-corrected chi connectivity index (χ2v) is 3.04. The fourth-order valence-electron chi connectivity index (χ4n) is 0.961. The molecule has 82 valence electrons. The molecule has 0 aliphatic carbocycles. The van der Waals surface area contributed by atoms with Crippen molar-refractivity contribution in [3.05, 3.63) is 29.8 Å². The average molecular weight is 211 g/mol. The van der Waals surface area contributed by atoms with E-state index in [1.54, 1.807) is 12.1 Å². The number of hydrogen-bond donors (Lipinski definition) is 3. The van der Waals surface area contributed by atoms with Crippen molar-refractivity contribution in [1.82, 2.24) is 0 Å². The molecule has 0 unspecified atom stereocenters. The third-order valence-electron chi connectivity index (χ3n) is 1.79. The van der Waals surface area contributed by atoms with E-state index in [2.05, 4.69) is 0 Å². The number of nitrogens with two attached hydrogens (primary N) is 1. The van der Waals surface area contributed by atoms with Gasteiger partial charge in [-0.05, 0) is 24.3 Å². The first-order valence-electron chi connectivity index (χ1n) is 4.45. The van der Waals surface area contributed by atoms with Gasteiger partial charge >= 0.3 is 0 Å². The highest BCUT2D eigenvalue weighted by atomic mass is 16.5. The lowest BCUT2D eigenvalue weighted by molar-refractivity contribution is 0.0536. The van der Waals surface area contributed by atoms with Crippen LogP contribution in [0.4, 0.5) is 0 Å². The minimum Gasteiger partial charge on any atom is -0.491 e. The van der Waals surface area contributed by atoms with Gasteiger partial charge in [0.2, 0.25) is 5.91 Å². The van der Waals surface area contributed by atoms with Crippen molar-refractivity contribution in [1.29, 1.82) is 0 Å². The van der Waals surface area contributed by atoms with E-state index in [0.717, 1.165) is 0 Å². The standard InChI is InChI=1S/C10H13NO4/c11-10(14)7-1-3-9(4-2-7)15-6-8(13)5-12/h1-4,8,12-13H,5-6H2,(H2,11,14)/t8-/m1/s1. The normalized spacial score (nSPS) is 12.1. The van der Waals surface area contributed by atoms with E-state index in [-0.39, 0.29) is 13.2 Å². The van der Waals surface area contributed by atoms with Crippen LogP contribution in [0.25, 0.3) is 0 Å². The van der Waals surface area contributed by atoms with Crippen molar-refractivity contribution in [3.8, 4) is 5.75 Å². The number of ether oxygens (including phenoxy) is 1. The predicted octanol–water partition coefficient (Wildman–Crippen LogP) is -0.483. The molecule has 1 aromatic carbocycles. The molecule has 0 spiro atoms. The molecule has 1 amide bonds. The van der Waals surface area contributed by atoms with Crippen LogP contribution in [-0.2, 0) is 0 Å². The molecule has 1 aromatic rings. The molecule has 0 heterocycles. The fourth-order valence-corrected chi connectivity index (χ4v) is 0.961. The Labute approximate surface area is 87.1 Å². The van der Waals surface area contributed by atoms with Crippen molar-refractivity contribution in [3.63, 3.8) is 0 Å². The van der Waals surface area contributed by atoms with E-state index in [1.807, 2.05) is 0 Å². The quantitative estimate of drug-likeness (QED) is 0.613. The van der Waals surface area contributed by atoms with Gasteiger partial charge < -0.3 is 20.7 Å². The molecule has 4 N–H and O–H groups in total. The minimum atomic E-state index is -0.902. The molecule has 0 bridgehead atoms. The summed E-state index contributed by atoms with van der Waals surface area (Å²) in [7, 11) is 0. The molecule has 5 heteroatoms. The molecule has 1 atom stereocenters. The Morgan fingerprint density at radius 2 is 2.00 bits per heavy atom. The second kappa shape index (κ2) is 5.33. The van der Waals surface area contributed by atoms with Gasteiger partial charge in [-0.1, -0.05) is 0 Å². The molecule has 0 aliphatic heterocycles. The van der Waals surface area contributed by atoms with Crippen LogP contribution in [0.2, 0.25) is 0 Å². The first kappa shape index (κ1) is 11.5. The maximum absolute atomic E-state index is 10.7. The molecule has 5 nitrogen and oxygen atoms in total. The van der Waals surface area contributed by atoms with Gasteiger partial charge in [-0.3, -0.25) is 4.79 Å². The van der Waals surface area contributed by atoms with Crippen LogP contribution in [0.15, 0.2) is 24.3 Å². The second-order valence-electron chi connectivity index (χ2n) is 3.04. The fraction of sp³-hybridized carbons (Fsp3) is 0.300. The Bertz CT molecular complexity index is 323. The van der Waals surface area contributed by atoms with E-state index in [0.29, 0.717) is 11.3 Å². The number of amides is 1. The summed E-state index contributed by atoms with van der Waals surface area (Å²) in [4.78, 5) is 10.7. The van der Waals surface area contributed by atoms with Crippen molar-refractivity contribution in [2.45, 2.75) is 6.10 Å². The van der Waals surface area contributed by atoms with Crippen LogP contribution < -0.4 is 10.5 Å². The molecule has 0 saturated carbocycles. The van der Waals surface area contributed by atoms with Gasteiger partial charge in [-0.2, -0.15) is 0 Å².